The van der Waals surface area contributed by atoms with Crippen LogP contribution in [0.1, 0.15) is 40.5 Å². The fraction of sp³-hybridized carbons (Fsp3) is 0.182. The molecular formula is C44H52O4Si2Ti. The smallest absolute Gasteiger partial charge is 0.285 e. The van der Waals surface area contributed by atoms with Gasteiger partial charge in [-0.1, -0.05) is 196 Å². The van der Waals surface area contributed by atoms with Crippen LogP contribution >= 0.6 is 0 Å². The van der Waals surface area contributed by atoms with Crippen LogP contribution in [0.15, 0.2) is 182 Å². The van der Waals surface area contributed by atoms with Crippen LogP contribution in [-0.2, 0) is 21.7 Å². The second kappa shape index (κ2) is 23.0. The molecule has 0 saturated carbocycles. The maximum absolute atomic E-state index is 11.6. The molecular weight excluding hydrogens is 697 g/mol. The zero-order valence-corrected chi connectivity index (χ0v) is 33.7. The zero-order valence-electron chi connectivity index (χ0n) is 30.2. The van der Waals surface area contributed by atoms with Crippen LogP contribution < -0.4 is 31.1 Å². The minimum Gasteiger partial charge on any atom is -0.421 e. The fourth-order valence-corrected chi connectivity index (χ4v) is 11.1. The number of aliphatic hydroxyl groups excluding tert-OH is 2. The van der Waals surface area contributed by atoms with Crippen molar-refractivity contribution in [1.29, 1.82) is 0 Å². The molecule has 0 aliphatic heterocycles. The van der Waals surface area contributed by atoms with Gasteiger partial charge in [0, 0.05) is 21.7 Å². The van der Waals surface area contributed by atoms with E-state index in [-0.39, 0.29) is 33.9 Å². The van der Waals surface area contributed by atoms with E-state index in [1.54, 1.807) is 13.8 Å². The summed E-state index contributed by atoms with van der Waals surface area (Å²) in [7, 11) is -5.76. The van der Waals surface area contributed by atoms with E-state index in [9.17, 15) is 9.59 Å². The molecule has 7 heteroatoms. The van der Waals surface area contributed by atoms with Crippen LogP contribution in [0.3, 0.4) is 0 Å². The Kier molecular flexibility index (Phi) is 19.6. The summed E-state index contributed by atoms with van der Waals surface area (Å²) in [5.41, 5.74) is 0. The van der Waals surface area contributed by atoms with Gasteiger partial charge in [-0.05, 0) is 57.8 Å². The van der Waals surface area contributed by atoms with Crippen LogP contribution in [0.4, 0.5) is 0 Å². The molecule has 0 aliphatic rings. The molecule has 6 aromatic carbocycles. The van der Waals surface area contributed by atoms with Crippen LogP contribution in [0, 0.1) is 0 Å². The molecule has 0 heterocycles. The largest absolute Gasteiger partial charge is 0.421 e. The van der Waals surface area contributed by atoms with Gasteiger partial charge in [-0.2, -0.15) is 0 Å². The average molecular weight is 749 g/mol. The molecule has 0 saturated heterocycles. The Morgan fingerprint density at radius 1 is 0.353 bits per heavy atom. The van der Waals surface area contributed by atoms with E-state index in [1.165, 1.54) is 0 Å². The van der Waals surface area contributed by atoms with Crippen LogP contribution in [-0.4, -0.2) is 48.6 Å². The van der Waals surface area contributed by atoms with Gasteiger partial charge in [0.2, 0.25) is 0 Å². The second-order valence-corrected chi connectivity index (χ2v) is 18.4. The molecule has 4 nitrogen and oxygen atoms in total. The second-order valence-electron chi connectivity index (χ2n) is 12.1. The number of benzene rings is 6. The van der Waals surface area contributed by atoms with Crippen molar-refractivity contribution in [3.05, 3.63) is 182 Å². The molecule has 0 aromatic heterocycles. The number of rotatable bonds is 8. The first-order valence-electron chi connectivity index (χ1n) is 17.3. The zero-order chi connectivity index (χ0) is 36.2. The molecule has 2 unspecified atom stereocenters. The summed E-state index contributed by atoms with van der Waals surface area (Å²) in [4.78, 5) is 23.1. The average Bonchev–Trinajstić information content (AvgIpc) is 3.20. The Morgan fingerprint density at radius 2 is 0.471 bits per heavy atom. The van der Waals surface area contributed by atoms with Crippen molar-refractivity contribution in [1.82, 2.24) is 0 Å². The van der Waals surface area contributed by atoms with Gasteiger partial charge in [-0.3, -0.25) is 0 Å². The first-order chi connectivity index (χ1) is 24.2. The SMILES string of the molecule is CCC(C)O.CCC(C)O.O[Si](c1ccccc1)(c1ccccc1)c1ccccc1.O[Si](c1ccccc1)(c1ccccc1)c1ccccc1.[Ti]. The summed E-state index contributed by atoms with van der Waals surface area (Å²) in [5.74, 6) is 0. The molecule has 0 spiro atoms. The Hall–Kier alpha value is -3.69. The number of hydrogen-bond acceptors (Lipinski definition) is 4. The van der Waals surface area contributed by atoms with E-state index in [1.807, 2.05) is 196 Å². The minimum atomic E-state index is -2.88. The van der Waals surface area contributed by atoms with Crippen molar-refractivity contribution in [2.75, 3.05) is 0 Å². The normalized spacial score (nSPS) is 11.8. The Bertz CT molecular complexity index is 1400. The fourth-order valence-electron chi connectivity index (χ4n) is 5.08. The molecule has 0 aliphatic carbocycles. The van der Waals surface area contributed by atoms with Gasteiger partial charge < -0.3 is 19.8 Å². The topological polar surface area (TPSA) is 80.9 Å². The minimum absolute atomic E-state index is 0. The predicted molar refractivity (Wildman–Crippen MR) is 216 cm³/mol. The van der Waals surface area contributed by atoms with E-state index in [4.69, 9.17) is 10.2 Å². The quantitative estimate of drug-likeness (QED) is 0.133. The summed E-state index contributed by atoms with van der Waals surface area (Å²) in [6.45, 7) is 7.45. The third kappa shape index (κ3) is 12.8. The number of hydrogen-bond donors (Lipinski definition) is 4. The van der Waals surface area contributed by atoms with Crippen LogP contribution in [0.25, 0.3) is 0 Å². The monoisotopic (exact) mass is 748 g/mol. The molecule has 4 N–H and O–H groups in total. The van der Waals surface area contributed by atoms with Crippen molar-refractivity contribution in [2.24, 2.45) is 0 Å². The van der Waals surface area contributed by atoms with E-state index in [2.05, 4.69) is 0 Å². The van der Waals surface area contributed by atoms with Crippen LogP contribution in [0.5, 0.6) is 0 Å². The molecule has 0 fully saturated rings. The van der Waals surface area contributed by atoms with E-state index in [0.717, 1.165) is 44.0 Å². The predicted octanol–water partition coefficient (Wildman–Crippen LogP) is 4.84. The van der Waals surface area contributed by atoms with Gasteiger partial charge in [0.25, 0.3) is 16.6 Å². The summed E-state index contributed by atoms with van der Waals surface area (Å²) >= 11 is 0. The summed E-state index contributed by atoms with van der Waals surface area (Å²) in [6, 6.07) is 59.9. The first-order valence-corrected chi connectivity index (χ1v) is 21.2. The first kappa shape index (κ1) is 43.5. The third-order valence-electron chi connectivity index (χ3n) is 8.33. The van der Waals surface area contributed by atoms with Gasteiger partial charge in [0.15, 0.2) is 0 Å². The van der Waals surface area contributed by atoms with Crippen molar-refractivity contribution >= 4 is 47.8 Å². The van der Waals surface area contributed by atoms with Gasteiger partial charge in [0.05, 0.1) is 12.2 Å². The molecule has 6 aromatic rings. The summed E-state index contributed by atoms with van der Waals surface area (Å²) in [6.07, 6.45) is 1.49. The van der Waals surface area contributed by atoms with Crippen LogP contribution in [0.2, 0.25) is 0 Å². The van der Waals surface area contributed by atoms with E-state index < -0.39 is 16.6 Å². The van der Waals surface area contributed by atoms with E-state index in [0.29, 0.717) is 0 Å². The van der Waals surface area contributed by atoms with Crippen molar-refractivity contribution in [3.8, 4) is 0 Å². The van der Waals surface area contributed by atoms with Gasteiger partial charge in [-0.25, -0.2) is 0 Å². The Morgan fingerprint density at radius 3 is 0.569 bits per heavy atom. The Labute approximate surface area is 322 Å². The molecule has 51 heavy (non-hydrogen) atoms. The molecule has 0 bridgehead atoms. The molecule has 2 atom stereocenters. The van der Waals surface area contributed by atoms with Gasteiger partial charge >= 0.3 is 0 Å². The van der Waals surface area contributed by atoms with Gasteiger partial charge in [0.1, 0.15) is 0 Å². The van der Waals surface area contributed by atoms with Crippen molar-refractivity contribution in [3.63, 3.8) is 0 Å². The molecule has 0 amide bonds. The summed E-state index contributed by atoms with van der Waals surface area (Å²) in [5, 5.41) is 22.8. The van der Waals surface area contributed by atoms with Crippen molar-refractivity contribution < 1.29 is 41.5 Å². The van der Waals surface area contributed by atoms with Crippen molar-refractivity contribution in [2.45, 2.75) is 52.7 Å². The Balaban J connectivity index is 0.000000276. The van der Waals surface area contributed by atoms with E-state index >= 15 is 0 Å². The molecule has 0 radical (unpaired) electrons. The standard InChI is InChI=1S/2C18H16OSi.2C4H10O.Ti/c2*19-20(16-10-4-1-5-11-16,17-12-6-2-7-13-17)18-14-8-3-9-15-18;2*1-3-4(2)5;/h2*1-15,19H;2*4-5H,3H2,1-2H3;. The number of aliphatic hydroxyl groups is 2. The molecule has 6 rings (SSSR count). The molecule has 264 valence electrons. The maximum atomic E-state index is 11.6. The third-order valence-corrected chi connectivity index (χ3v) is 15.3. The van der Waals surface area contributed by atoms with Gasteiger partial charge in [-0.15, -0.1) is 0 Å². The summed E-state index contributed by atoms with van der Waals surface area (Å²) < 4.78 is 0. The maximum Gasteiger partial charge on any atom is 0.285 e.